The van der Waals surface area contributed by atoms with Crippen LogP contribution in [0.3, 0.4) is 0 Å². The van der Waals surface area contributed by atoms with Crippen LogP contribution in [0.4, 0.5) is 0 Å². The summed E-state index contributed by atoms with van der Waals surface area (Å²) in [5.41, 5.74) is 6.55. The molecule has 0 saturated heterocycles. The molecular weight excluding hydrogens is 228 g/mol. The van der Waals surface area contributed by atoms with E-state index < -0.39 is 5.54 Å². The number of hydrogen-bond donors (Lipinski definition) is 1. The molecule has 94 valence electrons. The lowest BCUT2D eigenvalue weighted by molar-refractivity contribution is 0.172. The Labute approximate surface area is 106 Å². The fraction of sp³-hybridized carbons (Fsp3) is 0.357. The molecule has 1 aliphatic heterocycles. The van der Waals surface area contributed by atoms with Crippen LogP contribution < -0.4 is 15.2 Å². The maximum absolute atomic E-state index is 6.16. The second-order valence-corrected chi connectivity index (χ2v) is 5.10. The van der Waals surface area contributed by atoms with Gasteiger partial charge >= 0.3 is 0 Å². The molecule has 3 rings (SSSR count). The first-order valence-electron chi connectivity index (χ1n) is 6.03. The largest absolute Gasteiger partial charge is 0.486 e. The van der Waals surface area contributed by atoms with Gasteiger partial charge in [0, 0.05) is 11.6 Å². The van der Waals surface area contributed by atoms with Crippen LogP contribution in [0.25, 0.3) is 10.8 Å². The van der Waals surface area contributed by atoms with E-state index in [1.54, 1.807) is 6.20 Å². The number of ether oxygens (including phenoxy) is 2. The quantitative estimate of drug-likeness (QED) is 0.835. The summed E-state index contributed by atoms with van der Waals surface area (Å²) in [5.74, 6) is 1.56. The summed E-state index contributed by atoms with van der Waals surface area (Å²) in [6, 6.07) is 5.92. The standard InChI is InChI=1S/C14H16N2O2/c1-14(2,15)13-10-8-12-11(17-5-6-18-12)7-9(10)3-4-16-13/h3-4,7-8H,5-6,15H2,1-2H3. The number of fused-ring (bicyclic) bond motifs is 2. The van der Waals surface area contributed by atoms with E-state index in [0.717, 1.165) is 28.0 Å². The maximum atomic E-state index is 6.16. The van der Waals surface area contributed by atoms with Crippen molar-refractivity contribution in [1.82, 2.24) is 4.98 Å². The Morgan fingerprint density at radius 1 is 1.17 bits per heavy atom. The van der Waals surface area contributed by atoms with E-state index >= 15 is 0 Å². The molecule has 0 radical (unpaired) electrons. The van der Waals surface area contributed by atoms with Gasteiger partial charge in [0.15, 0.2) is 11.5 Å². The Bertz CT molecular complexity index is 603. The zero-order valence-corrected chi connectivity index (χ0v) is 10.6. The highest BCUT2D eigenvalue weighted by molar-refractivity contribution is 5.88. The van der Waals surface area contributed by atoms with Gasteiger partial charge in [-0.1, -0.05) is 0 Å². The number of rotatable bonds is 1. The van der Waals surface area contributed by atoms with E-state index in [4.69, 9.17) is 15.2 Å². The van der Waals surface area contributed by atoms with Gasteiger partial charge in [-0.3, -0.25) is 4.98 Å². The van der Waals surface area contributed by atoms with Crippen LogP contribution in [-0.2, 0) is 5.54 Å². The monoisotopic (exact) mass is 244 g/mol. The van der Waals surface area contributed by atoms with Crippen LogP contribution in [0.1, 0.15) is 19.5 Å². The minimum atomic E-state index is -0.483. The Balaban J connectivity index is 2.28. The summed E-state index contributed by atoms with van der Waals surface area (Å²) < 4.78 is 11.2. The third-order valence-electron chi connectivity index (χ3n) is 3.04. The van der Waals surface area contributed by atoms with E-state index in [9.17, 15) is 0 Å². The van der Waals surface area contributed by atoms with Crippen molar-refractivity contribution in [2.45, 2.75) is 19.4 Å². The average molecular weight is 244 g/mol. The van der Waals surface area contributed by atoms with Crippen LogP contribution >= 0.6 is 0 Å². The minimum Gasteiger partial charge on any atom is -0.486 e. The highest BCUT2D eigenvalue weighted by Crippen LogP contribution is 2.36. The summed E-state index contributed by atoms with van der Waals surface area (Å²) >= 11 is 0. The van der Waals surface area contributed by atoms with Gasteiger partial charge in [-0.2, -0.15) is 0 Å². The molecule has 0 atom stereocenters. The second kappa shape index (κ2) is 3.85. The van der Waals surface area contributed by atoms with Gasteiger partial charge < -0.3 is 15.2 Å². The molecule has 1 aromatic heterocycles. The normalized spacial score (nSPS) is 14.8. The van der Waals surface area contributed by atoms with Gasteiger partial charge in [0.1, 0.15) is 13.2 Å². The van der Waals surface area contributed by atoms with Crippen molar-refractivity contribution >= 4 is 10.8 Å². The van der Waals surface area contributed by atoms with Crippen LogP contribution in [-0.4, -0.2) is 18.2 Å². The summed E-state index contributed by atoms with van der Waals surface area (Å²) in [4.78, 5) is 4.41. The topological polar surface area (TPSA) is 57.4 Å². The molecule has 18 heavy (non-hydrogen) atoms. The number of hydrogen-bond acceptors (Lipinski definition) is 4. The Morgan fingerprint density at radius 3 is 2.50 bits per heavy atom. The smallest absolute Gasteiger partial charge is 0.162 e. The molecule has 1 aliphatic rings. The molecule has 1 aromatic carbocycles. The second-order valence-electron chi connectivity index (χ2n) is 5.10. The van der Waals surface area contributed by atoms with E-state index in [1.807, 2.05) is 32.0 Å². The van der Waals surface area contributed by atoms with Crippen LogP contribution in [0, 0.1) is 0 Å². The summed E-state index contributed by atoms with van der Waals surface area (Å²) in [7, 11) is 0. The highest BCUT2D eigenvalue weighted by Gasteiger charge is 2.21. The lowest BCUT2D eigenvalue weighted by Crippen LogP contribution is -2.30. The van der Waals surface area contributed by atoms with Crippen molar-refractivity contribution in [2.75, 3.05) is 13.2 Å². The van der Waals surface area contributed by atoms with Gasteiger partial charge in [-0.25, -0.2) is 0 Å². The first kappa shape index (κ1) is 11.3. The minimum absolute atomic E-state index is 0.483. The molecular formula is C14H16N2O2. The zero-order valence-electron chi connectivity index (χ0n) is 10.6. The lowest BCUT2D eigenvalue weighted by atomic mass is 9.96. The van der Waals surface area contributed by atoms with Gasteiger partial charge in [0.2, 0.25) is 0 Å². The molecule has 0 saturated carbocycles. The predicted octanol–water partition coefficient (Wildman–Crippen LogP) is 2.20. The van der Waals surface area contributed by atoms with Crippen molar-refractivity contribution in [3.05, 3.63) is 30.1 Å². The van der Waals surface area contributed by atoms with Crippen molar-refractivity contribution in [3.63, 3.8) is 0 Å². The molecule has 0 aliphatic carbocycles. The van der Waals surface area contributed by atoms with E-state index in [1.165, 1.54) is 0 Å². The zero-order chi connectivity index (χ0) is 12.8. The molecule has 2 aromatic rings. The van der Waals surface area contributed by atoms with Crippen LogP contribution in [0.2, 0.25) is 0 Å². The SMILES string of the molecule is CC(C)(N)c1nccc2cc3c(cc12)OCCO3. The maximum Gasteiger partial charge on any atom is 0.162 e. The molecule has 0 amide bonds. The number of nitrogens with two attached hydrogens (primary N) is 1. The number of benzene rings is 1. The lowest BCUT2D eigenvalue weighted by Gasteiger charge is -2.23. The molecule has 4 heteroatoms. The first-order chi connectivity index (χ1) is 8.55. The summed E-state index contributed by atoms with van der Waals surface area (Å²) in [6.07, 6.45) is 1.78. The Hall–Kier alpha value is -1.81. The van der Waals surface area contributed by atoms with Crippen molar-refractivity contribution < 1.29 is 9.47 Å². The molecule has 0 spiro atoms. The highest BCUT2D eigenvalue weighted by atomic mass is 16.6. The average Bonchev–Trinajstić information content (AvgIpc) is 2.34. The molecule has 0 unspecified atom stereocenters. The number of pyridine rings is 1. The van der Waals surface area contributed by atoms with Crippen LogP contribution in [0.5, 0.6) is 11.5 Å². The molecule has 2 heterocycles. The van der Waals surface area contributed by atoms with Gasteiger partial charge in [0.05, 0.1) is 11.2 Å². The van der Waals surface area contributed by atoms with Crippen molar-refractivity contribution in [1.29, 1.82) is 0 Å². The van der Waals surface area contributed by atoms with Crippen molar-refractivity contribution in [3.8, 4) is 11.5 Å². The summed E-state index contributed by atoms with van der Waals surface area (Å²) in [6.45, 7) is 5.08. The fourth-order valence-corrected chi connectivity index (χ4v) is 2.22. The first-order valence-corrected chi connectivity index (χ1v) is 6.03. The van der Waals surface area contributed by atoms with Gasteiger partial charge in [0.25, 0.3) is 0 Å². The predicted molar refractivity (Wildman–Crippen MR) is 69.9 cm³/mol. The number of nitrogens with zero attached hydrogens (tertiary/aromatic N) is 1. The molecule has 0 bridgehead atoms. The van der Waals surface area contributed by atoms with Gasteiger partial charge in [-0.15, -0.1) is 0 Å². The van der Waals surface area contributed by atoms with E-state index in [-0.39, 0.29) is 0 Å². The van der Waals surface area contributed by atoms with E-state index in [2.05, 4.69) is 4.98 Å². The van der Waals surface area contributed by atoms with Crippen LogP contribution in [0.15, 0.2) is 24.4 Å². The molecule has 4 nitrogen and oxygen atoms in total. The molecule has 2 N–H and O–H groups in total. The number of aromatic nitrogens is 1. The van der Waals surface area contributed by atoms with E-state index in [0.29, 0.717) is 13.2 Å². The third kappa shape index (κ3) is 1.78. The third-order valence-corrected chi connectivity index (χ3v) is 3.04. The van der Waals surface area contributed by atoms with Crippen molar-refractivity contribution in [2.24, 2.45) is 5.73 Å². The van der Waals surface area contributed by atoms with Gasteiger partial charge in [-0.05, 0) is 37.4 Å². The summed E-state index contributed by atoms with van der Waals surface area (Å²) in [5, 5.41) is 2.09. The molecule has 0 fully saturated rings. The Kier molecular flexibility index (Phi) is 2.41. The Morgan fingerprint density at radius 2 is 1.83 bits per heavy atom. The fourth-order valence-electron chi connectivity index (χ4n) is 2.22.